The summed E-state index contributed by atoms with van der Waals surface area (Å²) in [7, 11) is 3.12. The highest BCUT2D eigenvalue weighted by molar-refractivity contribution is 7.99. The smallest absolute Gasteiger partial charge is 0.255 e. The minimum Gasteiger partial charge on any atom is -0.497 e. The van der Waals surface area contributed by atoms with Crippen LogP contribution < -0.4 is 14.8 Å². The molecule has 0 aliphatic rings. The molecule has 1 heterocycles. The highest BCUT2D eigenvalue weighted by Crippen LogP contribution is 2.27. The first kappa shape index (κ1) is 17.2. The van der Waals surface area contributed by atoms with Gasteiger partial charge in [-0.05, 0) is 18.2 Å². The van der Waals surface area contributed by atoms with Crippen molar-refractivity contribution >= 4 is 28.6 Å². The molecule has 1 amide bonds. The number of fused-ring (bicyclic) bond motifs is 1. The van der Waals surface area contributed by atoms with Gasteiger partial charge in [0.1, 0.15) is 11.5 Å². The molecule has 0 saturated carbocycles. The van der Waals surface area contributed by atoms with Crippen LogP contribution in [0.1, 0.15) is 10.4 Å². The fourth-order valence-corrected chi connectivity index (χ4v) is 3.47. The quantitative estimate of drug-likeness (QED) is 0.500. The van der Waals surface area contributed by atoms with E-state index < -0.39 is 0 Å². The van der Waals surface area contributed by atoms with Crippen LogP contribution in [0, 0.1) is 0 Å². The van der Waals surface area contributed by atoms with Crippen molar-refractivity contribution in [2.24, 2.45) is 0 Å². The van der Waals surface area contributed by atoms with Crippen LogP contribution in [0.25, 0.3) is 10.9 Å². The number of carbonyl (C=O) groups is 1. The Labute approximate surface area is 150 Å². The molecule has 6 heteroatoms. The van der Waals surface area contributed by atoms with Gasteiger partial charge in [-0.3, -0.25) is 4.79 Å². The normalized spacial score (nSPS) is 10.6. The van der Waals surface area contributed by atoms with Crippen molar-refractivity contribution in [1.29, 1.82) is 0 Å². The van der Waals surface area contributed by atoms with E-state index in [2.05, 4.69) is 22.4 Å². The number of methoxy groups -OCH3 is 2. The minimum absolute atomic E-state index is 0.154. The highest BCUT2D eigenvalue weighted by Gasteiger charge is 2.13. The van der Waals surface area contributed by atoms with E-state index in [9.17, 15) is 4.79 Å². The molecule has 0 aliphatic carbocycles. The number of hydrogen-bond acceptors (Lipinski definition) is 4. The van der Waals surface area contributed by atoms with E-state index in [0.29, 0.717) is 23.6 Å². The average molecular weight is 356 g/mol. The molecule has 0 spiro atoms. The van der Waals surface area contributed by atoms with Crippen molar-refractivity contribution in [3.8, 4) is 11.5 Å². The summed E-state index contributed by atoms with van der Waals surface area (Å²) in [6.45, 7) is 0.568. The lowest BCUT2D eigenvalue weighted by molar-refractivity contribution is 0.0953. The van der Waals surface area contributed by atoms with Crippen molar-refractivity contribution in [2.75, 3.05) is 26.5 Å². The summed E-state index contributed by atoms with van der Waals surface area (Å²) >= 11 is 1.71. The third-order valence-electron chi connectivity index (χ3n) is 3.85. The number of H-pyrrole nitrogens is 1. The van der Waals surface area contributed by atoms with Gasteiger partial charge < -0.3 is 19.8 Å². The van der Waals surface area contributed by atoms with E-state index in [0.717, 1.165) is 11.3 Å². The first-order valence-corrected chi connectivity index (χ1v) is 8.90. The van der Waals surface area contributed by atoms with Gasteiger partial charge in [0, 0.05) is 40.4 Å². The Bertz CT molecular complexity index is 876. The number of aromatic nitrogens is 1. The number of rotatable bonds is 7. The van der Waals surface area contributed by atoms with E-state index in [4.69, 9.17) is 9.47 Å². The lowest BCUT2D eigenvalue weighted by Crippen LogP contribution is -2.26. The van der Waals surface area contributed by atoms with Crippen molar-refractivity contribution in [1.82, 2.24) is 10.3 Å². The second kappa shape index (κ2) is 7.98. The molecule has 0 saturated heterocycles. The van der Waals surface area contributed by atoms with Crippen LogP contribution in [0.5, 0.6) is 11.5 Å². The lowest BCUT2D eigenvalue weighted by Gasteiger charge is -2.10. The van der Waals surface area contributed by atoms with E-state index >= 15 is 0 Å². The van der Waals surface area contributed by atoms with Crippen LogP contribution in [0.3, 0.4) is 0 Å². The number of para-hydroxylation sites is 1. The number of thioether (sulfide) groups is 1. The average Bonchev–Trinajstić information content (AvgIpc) is 3.07. The second-order valence-electron chi connectivity index (χ2n) is 5.37. The molecule has 1 aromatic heterocycles. The Hall–Kier alpha value is -2.60. The van der Waals surface area contributed by atoms with Crippen LogP contribution in [-0.4, -0.2) is 37.4 Å². The molecule has 0 unspecified atom stereocenters. The van der Waals surface area contributed by atoms with Crippen LogP contribution in [-0.2, 0) is 0 Å². The largest absolute Gasteiger partial charge is 0.497 e. The second-order valence-corrected chi connectivity index (χ2v) is 6.51. The standard InChI is InChI=1S/C19H20N2O3S/c1-23-13-7-8-15(17(11-13)24-2)19(22)20-9-10-25-18-12-21-16-6-4-3-5-14(16)18/h3-8,11-12,21H,9-10H2,1-2H3,(H,20,22). The van der Waals surface area contributed by atoms with Gasteiger partial charge in [0.05, 0.1) is 19.8 Å². The summed E-state index contributed by atoms with van der Waals surface area (Å²) in [6, 6.07) is 13.3. The van der Waals surface area contributed by atoms with Gasteiger partial charge in [0.25, 0.3) is 5.91 Å². The number of carbonyl (C=O) groups excluding carboxylic acids is 1. The molecule has 0 aliphatic heterocycles. The zero-order valence-electron chi connectivity index (χ0n) is 14.2. The third-order valence-corrected chi connectivity index (χ3v) is 4.91. The molecule has 2 N–H and O–H groups in total. The Balaban J connectivity index is 1.56. The van der Waals surface area contributed by atoms with Gasteiger partial charge >= 0.3 is 0 Å². The number of hydrogen-bond donors (Lipinski definition) is 2. The first-order chi connectivity index (χ1) is 12.2. The van der Waals surface area contributed by atoms with Gasteiger partial charge in [-0.2, -0.15) is 0 Å². The molecule has 25 heavy (non-hydrogen) atoms. The predicted octanol–water partition coefficient (Wildman–Crippen LogP) is 3.71. The fourth-order valence-electron chi connectivity index (χ4n) is 2.57. The number of amides is 1. The first-order valence-electron chi connectivity index (χ1n) is 7.92. The summed E-state index contributed by atoms with van der Waals surface area (Å²) in [4.78, 5) is 16.8. The Morgan fingerprint density at radius 3 is 2.80 bits per heavy atom. The van der Waals surface area contributed by atoms with E-state index in [1.165, 1.54) is 10.3 Å². The van der Waals surface area contributed by atoms with Gasteiger partial charge in [-0.25, -0.2) is 0 Å². The molecular weight excluding hydrogens is 336 g/mol. The molecule has 0 radical (unpaired) electrons. The zero-order valence-corrected chi connectivity index (χ0v) is 15.0. The fraction of sp³-hybridized carbons (Fsp3) is 0.211. The van der Waals surface area contributed by atoms with Crippen molar-refractivity contribution in [3.05, 3.63) is 54.2 Å². The molecule has 0 atom stereocenters. The Morgan fingerprint density at radius 2 is 2.00 bits per heavy atom. The third kappa shape index (κ3) is 3.91. The molecule has 0 bridgehead atoms. The number of nitrogens with one attached hydrogen (secondary N) is 2. The number of benzene rings is 2. The maximum Gasteiger partial charge on any atom is 0.255 e. The van der Waals surface area contributed by atoms with Crippen LogP contribution >= 0.6 is 11.8 Å². The van der Waals surface area contributed by atoms with Crippen molar-refractivity contribution in [3.63, 3.8) is 0 Å². The molecule has 3 rings (SSSR count). The Kier molecular flexibility index (Phi) is 5.50. The molecule has 130 valence electrons. The van der Waals surface area contributed by atoms with Crippen LogP contribution in [0.4, 0.5) is 0 Å². The number of aromatic amines is 1. The number of ether oxygens (including phenoxy) is 2. The molecular formula is C19H20N2O3S. The van der Waals surface area contributed by atoms with Gasteiger partial charge in [-0.1, -0.05) is 18.2 Å². The van der Waals surface area contributed by atoms with Gasteiger partial charge in [0.2, 0.25) is 0 Å². The summed E-state index contributed by atoms with van der Waals surface area (Å²) in [5.74, 6) is 1.79. The Morgan fingerprint density at radius 1 is 1.16 bits per heavy atom. The maximum absolute atomic E-state index is 12.4. The summed E-state index contributed by atoms with van der Waals surface area (Å²) in [6.07, 6.45) is 2.00. The van der Waals surface area contributed by atoms with Crippen LogP contribution in [0.2, 0.25) is 0 Å². The highest BCUT2D eigenvalue weighted by atomic mass is 32.2. The topological polar surface area (TPSA) is 63.3 Å². The lowest BCUT2D eigenvalue weighted by atomic mass is 10.2. The van der Waals surface area contributed by atoms with Gasteiger partial charge in [0.15, 0.2) is 0 Å². The summed E-state index contributed by atoms with van der Waals surface area (Å²) < 4.78 is 10.4. The molecule has 5 nitrogen and oxygen atoms in total. The molecule has 3 aromatic rings. The van der Waals surface area contributed by atoms with E-state index in [1.807, 2.05) is 18.3 Å². The summed E-state index contributed by atoms with van der Waals surface area (Å²) in [5.41, 5.74) is 1.62. The van der Waals surface area contributed by atoms with Crippen molar-refractivity contribution < 1.29 is 14.3 Å². The van der Waals surface area contributed by atoms with Gasteiger partial charge in [-0.15, -0.1) is 11.8 Å². The molecule has 0 fully saturated rings. The maximum atomic E-state index is 12.4. The zero-order chi connectivity index (χ0) is 17.6. The van der Waals surface area contributed by atoms with Crippen molar-refractivity contribution in [2.45, 2.75) is 4.90 Å². The SMILES string of the molecule is COc1ccc(C(=O)NCCSc2c[nH]c3ccccc23)c(OC)c1. The van der Waals surface area contributed by atoms with Crippen LogP contribution in [0.15, 0.2) is 53.6 Å². The summed E-state index contributed by atoms with van der Waals surface area (Å²) in [5, 5.41) is 4.14. The van der Waals surface area contributed by atoms with E-state index in [1.54, 1.807) is 44.2 Å². The van der Waals surface area contributed by atoms with E-state index in [-0.39, 0.29) is 5.91 Å². The predicted molar refractivity (Wildman–Crippen MR) is 101 cm³/mol. The molecule has 2 aromatic carbocycles. The minimum atomic E-state index is -0.154. The monoisotopic (exact) mass is 356 g/mol.